The molecule has 0 spiro atoms. The molecule has 1 heterocycles. The molecule has 88 valence electrons. The van der Waals surface area contributed by atoms with E-state index in [1.54, 1.807) is 12.4 Å². The first-order valence-corrected chi connectivity index (χ1v) is 5.99. The van der Waals surface area contributed by atoms with Gasteiger partial charge in [-0.15, -0.1) is 0 Å². The van der Waals surface area contributed by atoms with Gasteiger partial charge in [-0.1, -0.05) is 13.8 Å². The lowest BCUT2D eigenvalue weighted by molar-refractivity contribution is 0.260. The Bertz CT molecular complexity index is 335. The average Bonchev–Trinajstić information content (AvgIpc) is 2.27. The summed E-state index contributed by atoms with van der Waals surface area (Å²) in [5.41, 5.74) is 6.15. The van der Waals surface area contributed by atoms with Crippen LogP contribution in [0.4, 0.5) is 11.6 Å². The monoisotopic (exact) mass is 220 g/mol. The largest absolute Gasteiger partial charge is 0.396 e. The number of nitrogen functional groups attached to an aromatic ring is 1. The van der Waals surface area contributed by atoms with Gasteiger partial charge in [-0.2, -0.15) is 0 Å². The fraction of sp³-hybridized carbons (Fsp3) is 0.667. The van der Waals surface area contributed by atoms with E-state index in [4.69, 9.17) is 5.73 Å². The third-order valence-corrected chi connectivity index (χ3v) is 3.60. The van der Waals surface area contributed by atoms with Crippen molar-refractivity contribution in [1.29, 1.82) is 0 Å². The van der Waals surface area contributed by atoms with E-state index in [1.165, 1.54) is 19.3 Å². The van der Waals surface area contributed by atoms with Gasteiger partial charge in [-0.25, -0.2) is 9.97 Å². The Morgan fingerprint density at radius 3 is 2.50 bits per heavy atom. The fourth-order valence-corrected chi connectivity index (χ4v) is 2.27. The Kier molecular flexibility index (Phi) is 3.27. The number of nitrogens with one attached hydrogen (secondary N) is 1. The summed E-state index contributed by atoms with van der Waals surface area (Å²) in [6.45, 7) is 4.66. The molecule has 0 saturated heterocycles. The van der Waals surface area contributed by atoms with Crippen molar-refractivity contribution in [1.82, 2.24) is 9.97 Å². The zero-order valence-corrected chi connectivity index (χ0v) is 9.98. The van der Waals surface area contributed by atoms with Gasteiger partial charge in [0.2, 0.25) is 5.95 Å². The number of nitrogens with zero attached hydrogens (tertiary/aromatic N) is 2. The predicted molar refractivity (Wildman–Crippen MR) is 66.0 cm³/mol. The maximum absolute atomic E-state index is 5.55. The van der Waals surface area contributed by atoms with E-state index >= 15 is 0 Å². The summed E-state index contributed by atoms with van der Waals surface area (Å²) in [5, 5.41) is 3.38. The van der Waals surface area contributed by atoms with Crippen molar-refractivity contribution >= 4 is 11.6 Å². The summed E-state index contributed by atoms with van der Waals surface area (Å²) in [7, 11) is 0. The van der Waals surface area contributed by atoms with Gasteiger partial charge >= 0.3 is 0 Å². The van der Waals surface area contributed by atoms with Crippen LogP contribution in [0.25, 0.3) is 0 Å². The summed E-state index contributed by atoms with van der Waals surface area (Å²) >= 11 is 0. The molecule has 3 N–H and O–H groups in total. The second-order valence-electron chi connectivity index (χ2n) is 4.95. The van der Waals surface area contributed by atoms with E-state index in [1.807, 2.05) is 0 Å². The van der Waals surface area contributed by atoms with Crippen LogP contribution in [0.1, 0.15) is 33.1 Å². The molecule has 0 bridgehead atoms. The predicted octanol–water partition coefficient (Wildman–Crippen LogP) is 2.30. The normalized spacial score (nSPS) is 30.0. The van der Waals surface area contributed by atoms with Crippen molar-refractivity contribution in [2.24, 2.45) is 11.8 Å². The molecule has 1 aliphatic rings. The summed E-state index contributed by atoms with van der Waals surface area (Å²) in [6.07, 6.45) is 6.98. The molecule has 16 heavy (non-hydrogen) atoms. The second kappa shape index (κ2) is 4.68. The molecule has 3 unspecified atom stereocenters. The Hall–Kier alpha value is -1.32. The molecule has 2 rings (SSSR count). The Balaban J connectivity index is 1.93. The zero-order valence-electron chi connectivity index (χ0n) is 9.98. The molecule has 4 heteroatoms. The molecule has 1 saturated carbocycles. The molecule has 1 aliphatic carbocycles. The van der Waals surface area contributed by atoms with Crippen molar-refractivity contribution in [3.8, 4) is 0 Å². The summed E-state index contributed by atoms with van der Waals surface area (Å²) in [5.74, 6) is 2.31. The van der Waals surface area contributed by atoms with Crippen molar-refractivity contribution in [3.63, 3.8) is 0 Å². The van der Waals surface area contributed by atoms with Crippen LogP contribution in [-0.4, -0.2) is 16.0 Å². The third-order valence-electron chi connectivity index (χ3n) is 3.60. The SMILES string of the molecule is CC1CCC(Nc2ncc(N)cn2)CC1C. The quantitative estimate of drug-likeness (QED) is 0.802. The van der Waals surface area contributed by atoms with Gasteiger partial charge in [0, 0.05) is 6.04 Å². The van der Waals surface area contributed by atoms with Crippen LogP contribution in [-0.2, 0) is 0 Å². The van der Waals surface area contributed by atoms with E-state index in [9.17, 15) is 0 Å². The highest BCUT2D eigenvalue weighted by atomic mass is 15.1. The van der Waals surface area contributed by atoms with E-state index < -0.39 is 0 Å². The van der Waals surface area contributed by atoms with Crippen molar-refractivity contribution in [3.05, 3.63) is 12.4 Å². The van der Waals surface area contributed by atoms with Crippen LogP contribution >= 0.6 is 0 Å². The first-order chi connectivity index (χ1) is 7.65. The molecule has 0 aromatic carbocycles. The van der Waals surface area contributed by atoms with Gasteiger partial charge < -0.3 is 11.1 Å². The molecule has 1 aromatic rings. The smallest absolute Gasteiger partial charge is 0.222 e. The molecule has 0 amide bonds. The third kappa shape index (κ3) is 2.62. The molecule has 3 atom stereocenters. The highest BCUT2D eigenvalue weighted by Gasteiger charge is 2.24. The Morgan fingerprint density at radius 2 is 1.88 bits per heavy atom. The van der Waals surface area contributed by atoms with E-state index in [2.05, 4.69) is 29.1 Å². The van der Waals surface area contributed by atoms with Gasteiger partial charge in [0.1, 0.15) is 0 Å². The van der Waals surface area contributed by atoms with Gasteiger partial charge in [-0.05, 0) is 31.1 Å². The topological polar surface area (TPSA) is 63.8 Å². The van der Waals surface area contributed by atoms with Crippen LogP contribution < -0.4 is 11.1 Å². The van der Waals surface area contributed by atoms with Crippen molar-refractivity contribution in [2.45, 2.75) is 39.2 Å². The zero-order chi connectivity index (χ0) is 11.5. The van der Waals surface area contributed by atoms with Crippen LogP contribution in [0.15, 0.2) is 12.4 Å². The minimum Gasteiger partial charge on any atom is -0.396 e. The van der Waals surface area contributed by atoms with Crippen LogP contribution in [0.2, 0.25) is 0 Å². The molecular formula is C12H20N4. The van der Waals surface area contributed by atoms with E-state index in [0.29, 0.717) is 17.7 Å². The van der Waals surface area contributed by atoms with Gasteiger partial charge in [0.05, 0.1) is 18.1 Å². The number of hydrogen-bond acceptors (Lipinski definition) is 4. The highest BCUT2D eigenvalue weighted by Crippen LogP contribution is 2.30. The summed E-state index contributed by atoms with van der Waals surface area (Å²) < 4.78 is 0. The first-order valence-electron chi connectivity index (χ1n) is 5.99. The Morgan fingerprint density at radius 1 is 1.19 bits per heavy atom. The lowest BCUT2D eigenvalue weighted by atomic mass is 9.79. The lowest BCUT2D eigenvalue weighted by Crippen LogP contribution is -2.30. The molecule has 1 aromatic heterocycles. The maximum atomic E-state index is 5.55. The van der Waals surface area contributed by atoms with E-state index in [0.717, 1.165) is 11.8 Å². The molecule has 0 aliphatic heterocycles. The number of hydrogen-bond donors (Lipinski definition) is 2. The molecule has 0 radical (unpaired) electrons. The fourth-order valence-electron chi connectivity index (χ4n) is 2.27. The number of rotatable bonds is 2. The lowest BCUT2D eigenvalue weighted by Gasteiger charge is -2.32. The van der Waals surface area contributed by atoms with Crippen molar-refractivity contribution < 1.29 is 0 Å². The number of nitrogens with two attached hydrogens (primary N) is 1. The molecule has 1 fully saturated rings. The van der Waals surface area contributed by atoms with Gasteiger partial charge in [0.15, 0.2) is 0 Å². The van der Waals surface area contributed by atoms with Crippen LogP contribution in [0.3, 0.4) is 0 Å². The van der Waals surface area contributed by atoms with Crippen molar-refractivity contribution in [2.75, 3.05) is 11.1 Å². The second-order valence-corrected chi connectivity index (χ2v) is 4.95. The van der Waals surface area contributed by atoms with Gasteiger partial charge in [0.25, 0.3) is 0 Å². The van der Waals surface area contributed by atoms with E-state index in [-0.39, 0.29) is 0 Å². The molecule has 4 nitrogen and oxygen atoms in total. The maximum Gasteiger partial charge on any atom is 0.222 e. The van der Waals surface area contributed by atoms with Gasteiger partial charge in [-0.3, -0.25) is 0 Å². The number of anilines is 2. The minimum atomic E-state index is 0.509. The minimum absolute atomic E-state index is 0.509. The highest BCUT2D eigenvalue weighted by molar-refractivity contribution is 5.36. The van der Waals surface area contributed by atoms with Crippen LogP contribution in [0.5, 0.6) is 0 Å². The summed E-state index contributed by atoms with van der Waals surface area (Å²) in [6, 6.07) is 0.509. The molecular weight excluding hydrogens is 200 g/mol. The average molecular weight is 220 g/mol. The standard InChI is InChI=1S/C12H20N4/c1-8-3-4-11(5-9(8)2)16-12-14-6-10(13)7-15-12/h6-9,11H,3-5,13H2,1-2H3,(H,14,15,16). The Labute approximate surface area is 96.7 Å². The first kappa shape index (κ1) is 11.2. The van der Waals surface area contributed by atoms with Crippen LogP contribution in [0, 0.1) is 11.8 Å². The number of aromatic nitrogens is 2. The summed E-state index contributed by atoms with van der Waals surface area (Å²) in [4.78, 5) is 8.34.